The Hall–Kier alpha value is -1.95. The third-order valence-corrected chi connectivity index (χ3v) is 1.78. The van der Waals surface area contributed by atoms with Gasteiger partial charge in [0, 0.05) is 17.1 Å². The number of benzene rings is 1. The summed E-state index contributed by atoms with van der Waals surface area (Å²) in [6.07, 6.45) is 3.68. The number of H-pyrrole nitrogens is 1. The Balaban J connectivity index is 2.64. The van der Waals surface area contributed by atoms with Gasteiger partial charge in [-0.1, -0.05) is 18.2 Å². The predicted molar refractivity (Wildman–Crippen MR) is 47.5 cm³/mol. The fourth-order valence-electron chi connectivity index (χ4n) is 1.24. The molecule has 0 aliphatic heterocycles. The molecule has 0 aliphatic rings. The highest BCUT2D eigenvalue weighted by Crippen LogP contribution is 2.21. The van der Waals surface area contributed by atoms with Crippen molar-refractivity contribution in [2.24, 2.45) is 0 Å². The molecule has 2 rings (SSSR count). The van der Waals surface area contributed by atoms with Crippen molar-refractivity contribution in [1.29, 1.82) is 5.26 Å². The number of hydrogen-bond donors (Lipinski definition) is 2. The Kier molecular flexibility index (Phi) is 1.45. The summed E-state index contributed by atoms with van der Waals surface area (Å²) in [6, 6.07) is 7.83. The highest BCUT2D eigenvalue weighted by molar-refractivity contribution is 5.92. The lowest BCUT2D eigenvalue weighted by molar-refractivity contribution is 1.45. The monoisotopic (exact) mass is 157 g/mol. The molecule has 0 aliphatic carbocycles. The molecular weight excluding hydrogens is 150 g/mol. The summed E-state index contributed by atoms with van der Waals surface area (Å²) in [5, 5.41) is 12.1. The Morgan fingerprint density at radius 2 is 2.17 bits per heavy atom. The van der Waals surface area contributed by atoms with Crippen molar-refractivity contribution in [1.82, 2.24) is 4.98 Å². The second-order valence-corrected chi connectivity index (χ2v) is 2.48. The Bertz CT molecular complexity index is 436. The molecule has 2 N–H and O–H groups in total. The molecule has 0 fully saturated rings. The number of nitrogens with one attached hydrogen (secondary N) is 2. The van der Waals surface area contributed by atoms with Crippen LogP contribution in [0, 0.1) is 11.5 Å². The van der Waals surface area contributed by atoms with Crippen LogP contribution in [0.5, 0.6) is 0 Å². The van der Waals surface area contributed by atoms with E-state index in [1.807, 2.05) is 30.5 Å². The Morgan fingerprint density at radius 1 is 1.33 bits per heavy atom. The lowest BCUT2D eigenvalue weighted by atomic mass is 10.2. The maximum Gasteiger partial charge on any atom is 0.181 e. The number of anilines is 1. The fraction of sp³-hybridized carbons (Fsp3) is 0. The molecule has 12 heavy (non-hydrogen) atoms. The van der Waals surface area contributed by atoms with E-state index in [0.717, 1.165) is 16.6 Å². The first-order valence-electron chi connectivity index (χ1n) is 3.63. The van der Waals surface area contributed by atoms with Gasteiger partial charge in [0.1, 0.15) is 0 Å². The third kappa shape index (κ3) is 0.903. The van der Waals surface area contributed by atoms with Crippen molar-refractivity contribution in [3.63, 3.8) is 0 Å². The summed E-state index contributed by atoms with van der Waals surface area (Å²) >= 11 is 0. The maximum absolute atomic E-state index is 8.42. The van der Waals surface area contributed by atoms with Crippen molar-refractivity contribution >= 4 is 16.6 Å². The van der Waals surface area contributed by atoms with E-state index < -0.39 is 0 Å². The number of rotatable bonds is 1. The van der Waals surface area contributed by atoms with Crippen LogP contribution in [0.1, 0.15) is 0 Å². The topological polar surface area (TPSA) is 51.6 Å². The Labute approximate surface area is 69.6 Å². The van der Waals surface area contributed by atoms with E-state index in [1.165, 1.54) is 0 Å². The number of nitriles is 1. The van der Waals surface area contributed by atoms with Crippen LogP contribution in [-0.4, -0.2) is 4.98 Å². The van der Waals surface area contributed by atoms with Gasteiger partial charge in [0.2, 0.25) is 0 Å². The minimum Gasteiger partial charge on any atom is -0.359 e. The second kappa shape index (κ2) is 2.59. The van der Waals surface area contributed by atoms with Crippen LogP contribution in [-0.2, 0) is 0 Å². The second-order valence-electron chi connectivity index (χ2n) is 2.48. The van der Waals surface area contributed by atoms with Crippen molar-refractivity contribution in [2.75, 3.05) is 5.32 Å². The van der Waals surface area contributed by atoms with Crippen LogP contribution in [0.25, 0.3) is 10.9 Å². The van der Waals surface area contributed by atoms with Crippen LogP contribution in [0.3, 0.4) is 0 Å². The van der Waals surface area contributed by atoms with Crippen LogP contribution in [0.15, 0.2) is 30.5 Å². The first-order valence-corrected chi connectivity index (χ1v) is 3.63. The molecule has 0 unspecified atom stereocenters. The summed E-state index contributed by atoms with van der Waals surface area (Å²) < 4.78 is 0. The van der Waals surface area contributed by atoms with Gasteiger partial charge in [0.15, 0.2) is 6.19 Å². The molecule has 2 aromatic rings. The molecule has 0 radical (unpaired) electrons. The molecule has 0 amide bonds. The van der Waals surface area contributed by atoms with Gasteiger partial charge in [-0.25, -0.2) is 0 Å². The average molecular weight is 157 g/mol. The molecule has 0 spiro atoms. The lowest BCUT2D eigenvalue weighted by Crippen LogP contribution is -1.83. The number of aromatic amines is 1. The van der Waals surface area contributed by atoms with E-state index in [-0.39, 0.29) is 0 Å². The van der Waals surface area contributed by atoms with E-state index in [2.05, 4.69) is 10.3 Å². The van der Waals surface area contributed by atoms with E-state index >= 15 is 0 Å². The molecule has 0 saturated carbocycles. The van der Waals surface area contributed by atoms with Crippen molar-refractivity contribution in [3.8, 4) is 6.19 Å². The van der Waals surface area contributed by atoms with Crippen LogP contribution < -0.4 is 5.32 Å². The number of nitrogens with zero attached hydrogens (tertiary/aromatic N) is 1. The summed E-state index contributed by atoms with van der Waals surface area (Å²) in [6.45, 7) is 0. The number of para-hydroxylation sites is 1. The van der Waals surface area contributed by atoms with Gasteiger partial charge in [-0.2, -0.15) is 5.26 Å². The van der Waals surface area contributed by atoms with Gasteiger partial charge in [-0.05, 0) is 6.07 Å². The molecule has 0 bridgehead atoms. The minimum atomic E-state index is 0.827. The first kappa shape index (κ1) is 6.74. The SMILES string of the molecule is N#CNc1c[nH]c2ccccc12. The summed E-state index contributed by atoms with van der Waals surface area (Å²) in [4.78, 5) is 3.06. The minimum absolute atomic E-state index is 0.827. The number of fused-ring (bicyclic) bond motifs is 1. The zero-order valence-corrected chi connectivity index (χ0v) is 6.33. The van der Waals surface area contributed by atoms with E-state index in [4.69, 9.17) is 5.26 Å². The van der Waals surface area contributed by atoms with Gasteiger partial charge in [0.05, 0.1) is 5.69 Å². The van der Waals surface area contributed by atoms with Gasteiger partial charge < -0.3 is 4.98 Å². The molecule has 58 valence electrons. The van der Waals surface area contributed by atoms with Crippen molar-refractivity contribution in [3.05, 3.63) is 30.5 Å². The molecule has 3 nitrogen and oxygen atoms in total. The van der Waals surface area contributed by atoms with Crippen LogP contribution >= 0.6 is 0 Å². The van der Waals surface area contributed by atoms with Gasteiger partial charge >= 0.3 is 0 Å². The van der Waals surface area contributed by atoms with Gasteiger partial charge in [-0.15, -0.1) is 0 Å². The molecular formula is C9H7N3. The lowest BCUT2D eigenvalue weighted by Gasteiger charge is -1.91. The standard InChI is InChI=1S/C9H7N3/c10-6-12-9-5-11-8-4-2-1-3-7(8)9/h1-5,11-12H. The highest BCUT2D eigenvalue weighted by Gasteiger charge is 1.99. The maximum atomic E-state index is 8.42. The van der Waals surface area contributed by atoms with Gasteiger partial charge in [-0.3, -0.25) is 5.32 Å². The quantitative estimate of drug-likeness (QED) is 0.491. The van der Waals surface area contributed by atoms with Crippen LogP contribution in [0.2, 0.25) is 0 Å². The van der Waals surface area contributed by atoms with Crippen molar-refractivity contribution < 1.29 is 0 Å². The first-order chi connectivity index (χ1) is 5.92. The van der Waals surface area contributed by atoms with E-state index in [9.17, 15) is 0 Å². The zero-order chi connectivity index (χ0) is 8.39. The predicted octanol–water partition coefficient (Wildman–Crippen LogP) is 2.06. The third-order valence-electron chi connectivity index (χ3n) is 1.78. The van der Waals surface area contributed by atoms with Crippen LogP contribution in [0.4, 0.5) is 5.69 Å². The largest absolute Gasteiger partial charge is 0.359 e. The van der Waals surface area contributed by atoms with Crippen molar-refractivity contribution in [2.45, 2.75) is 0 Å². The number of aromatic nitrogens is 1. The molecule has 1 aromatic carbocycles. The summed E-state index contributed by atoms with van der Waals surface area (Å²) in [5.74, 6) is 0. The van der Waals surface area contributed by atoms with E-state index in [1.54, 1.807) is 6.20 Å². The molecule has 1 heterocycles. The summed E-state index contributed by atoms with van der Waals surface area (Å²) in [7, 11) is 0. The normalized spacial score (nSPS) is 9.58. The fourth-order valence-corrected chi connectivity index (χ4v) is 1.24. The molecule has 0 atom stereocenters. The number of hydrogen-bond acceptors (Lipinski definition) is 2. The zero-order valence-electron chi connectivity index (χ0n) is 6.33. The average Bonchev–Trinajstić information content (AvgIpc) is 2.50. The molecule has 0 saturated heterocycles. The van der Waals surface area contributed by atoms with Gasteiger partial charge in [0.25, 0.3) is 0 Å². The molecule has 1 aromatic heterocycles. The van der Waals surface area contributed by atoms with E-state index in [0.29, 0.717) is 0 Å². The Morgan fingerprint density at radius 3 is 3.00 bits per heavy atom. The molecule has 3 heteroatoms. The smallest absolute Gasteiger partial charge is 0.181 e. The highest BCUT2D eigenvalue weighted by atomic mass is 14.9. The summed E-state index contributed by atoms with van der Waals surface area (Å²) in [5.41, 5.74) is 1.86.